The Morgan fingerprint density at radius 1 is 1.29 bits per heavy atom. The Kier molecular flexibility index (Phi) is 9.05. The van der Waals surface area contributed by atoms with Crippen LogP contribution >= 0.6 is 22.6 Å². The molecule has 34 heavy (non-hydrogen) atoms. The van der Waals surface area contributed by atoms with Gasteiger partial charge in [-0.3, -0.25) is 19.3 Å². The summed E-state index contributed by atoms with van der Waals surface area (Å²) in [6, 6.07) is 6.08. The van der Waals surface area contributed by atoms with E-state index in [2.05, 4.69) is 49.9 Å². The Bertz CT molecular complexity index is 1020. The number of benzene rings is 1. The predicted molar refractivity (Wildman–Crippen MR) is 133 cm³/mol. The molecule has 0 aliphatic carbocycles. The van der Waals surface area contributed by atoms with E-state index in [9.17, 15) is 14.4 Å². The van der Waals surface area contributed by atoms with E-state index in [1.54, 1.807) is 6.20 Å². The zero-order chi connectivity index (χ0) is 24.7. The molecular weight excluding hydrogens is 553 g/mol. The van der Waals surface area contributed by atoms with Gasteiger partial charge in [0.1, 0.15) is 31.1 Å². The SMILES string of the molecule is C=COCCONC(=O)CC[C@@H]1NC(=O)N([C@@H](c2ncc(-c3ccc(I)cc3)[nH]2)C(C)C)C1=O. The molecule has 182 valence electrons. The maximum atomic E-state index is 13.1. The van der Waals surface area contributed by atoms with Crippen molar-refractivity contribution in [1.29, 1.82) is 0 Å². The van der Waals surface area contributed by atoms with Gasteiger partial charge in [0.15, 0.2) is 0 Å². The van der Waals surface area contributed by atoms with Crippen LogP contribution < -0.4 is 10.8 Å². The van der Waals surface area contributed by atoms with Crippen molar-refractivity contribution in [2.24, 2.45) is 5.92 Å². The summed E-state index contributed by atoms with van der Waals surface area (Å²) < 4.78 is 6.00. The number of rotatable bonds is 12. The lowest BCUT2D eigenvalue weighted by Crippen LogP contribution is -2.38. The van der Waals surface area contributed by atoms with Crippen LogP contribution in [-0.4, -0.2) is 52.0 Å². The lowest BCUT2D eigenvalue weighted by molar-refractivity contribution is -0.135. The van der Waals surface area contributed by atoms with Gasteiger partial charge in [0, 0.05) is 9.99 Å². The summed E-state index contributed by atoms with van der Waals surface area (Å²) in [6.45, 7) is 7.67. The number of hydrogen-bond donors (Lipinski definition) is 3. The summed E-state index contributed by atoms with van der Waals surface area (Å²) in [6.07, 6.45) is 3.14. The fourth-order valence-corrected chi connectivity index (χ4v) is 4.00. The largest absolute Gasteiger partial charge is 0.499 e. The number of aromatic nitrogens is 2. The number of hydrogen-bond acceptors (Lipinski definition) is 6. The Morgan fingerprint density at radius 3 is 2.71 bits per heavy atom. The van der Waals surface area contributed by atoms with Gasteiger partial charge in [-0.2, -0.15) is 0 Å². The molecule has 1 aromatic carbocycles. The molecule has 11 heteroatoms. The van der Waals surface area contributed by atoms with Crippen molar-refractivity contribution in [3.05, 3.63) is 52.7 Å². The molecule has 0 bridgehead atoms. The highest BCUT2D eigenvalue weighted by atomic mass is 127. The molecule has 0 spiro atoms. The summed E-state index contributed by atoms with van der Waals surface area (Å²) in [5, 5.41) is 2.69. The van der Waals surface area contributed by atoms with E-state index in [0.717, 1.165) is 14.8 Å². The summed E-state index contributed by atoms with van der Waals surface area (Å²) in [5.41, 5.74) is 4.05. The van der Waals surface area contributed by atoms with Gasteiger partial charge in [0.05, 0.1) is 18.2 Å². The van der Waals surface area contributed by atoms with E-state index >= 15 is 0 Å². The van der Waals surface area contributed by atoms with Crippen LogP contribution in [0.2, 0.25) is 0 Å². The van der Waals surface area contributed by atoms with Crippen molar-refractivity contribution in [2.75, 3.05) is 13.2 Å². The third-order valence-corrected chi connectivity index (χ3v) is 5.98. The average Bonchev–Trinajstić information content (AvgIpc) is 3.39. The smallest absolute Gasteiger partial charge is 0.325 e. The maximum Gasteiger partial charge on any atom is 0.325 e. The molecule has 3 N–H and O–H groups in total. The van der Waals surface area contributed by atoms with Gasteiger partial charge in [-0.1, -0.05) is 32.6 Å². The minimum absolute atomic E-state index is 0.0108. The second-order valence-electron chi connectivity index (χ2n) is 8.04. The standard InChI is InChI=1S/C23H28IN5O5/c1-4-33-11-12-34-28-19(30)10-9-17-22(31)29(23(32)27-17)20(14(2)3)21-25-13-18(26-21)15-5-7-16(24)8-6-15/h4-8,13-14,17,20H,1,9-12H2,2-3H3,(H,25,26)(H,27,32)(H,28,30)/t17-,20+/m0/s1. The first-order valence-corrected chi connectivity index (χ1v) is 12.0. The molecule has 1 aliphatic heterocycles. The average molecular weight is 581 g/mol. The quantitative estimate of drug-likeness (QED) is 0.116. The van der Waals surface area contributed by atoms with Crippen LogP contribution in [0, 0.1) is 9.49 Å². The van der Waals surface area contributed by atoms with Gasteiger partial charge in [-0.05, 0) is 52.6 Å². The first-order valence-electron chi connectivity index (χ1n) is 10.9. The molecule has 4 amide bonds. The van der Waals surface area contributed by atoms with Crippen LogP contribution in [0.25, 0.3) is 11.3 Å². The van der Waals surface area contributed by atoms with Crippen LogP contribution in [0.3, 0.4) is 0 Å². The number of imide groups is 1. The van der Waals surface area contributed by atoms with Crippen LogP contribution in [-0.2, 0) is 19.2 Å². The Morgan fingerprint density at radius 2 is 2.03 bits per heavy atom. The highest BCUT2D eigenvalue weighted by molar-refractivity contribution is 14.1. The number of halogens is 1. The molecule has 1 saturated heterocycles. The number of H-pyrrole nitrogens is 1. The number of carbonyl (C=O) groups excluding carboxylic acids is 3. The summed E-state index contributed by atoms with van der Waals surface area (Å²) >= 11 is 2.24. The Labute approximate surface area is 211 Å². The highest BCUT2D eigenvalue weighted by Crippen LogP contribution is 2.32. The summed E-state index contributed by atoms with van der Waals surface area (Å²) in [4.78, 5) is 51.8. The molecule has 3 rings (SSSR count). The fourth-order valence-electron chi connectivity index (χ4n) is 3.64. The first-order chi connectivity index (χ1) is 16.3. The molecule has 0 saturated carbocycles. The van der Waals surface area contributed by atoms with Crippen molar-refractivity contribution in [1.82, 2.24) is 25.7 Å². The normalized spacial score (nSPS) is 16.5. The molecule has 1 aliphatic rings. The number of hydroxylamine groups is 1. The summed E-state index contributed by atoms with van der Waals surface area (Å²) in [7, 11) is 0. The molecule has 10 nitrogen and oxygen atoms in total. The number of carbonyl (C=O) groups is 3. The van der Waals surface area contributed by atoms with Crippen molar-refractivity contribution >= 4 is 40.4 Å². The predicted octanol–water partition coefficient (Wildman–Crippen LogP) is 3.29. The molecule has 1 aromatic heterocycles. The molecule has 1 fully saturated rings. The Balaban J connectivity index is 1.64. The third kappa shape index (κ3) is 6.35. The van der Waals surface area contributed by atoms with E-state index in [4.69, 9.17) is 9.57 Å². The van der Waals surface area contributed by atoms with Crippen LogP contribution in [0.4, 0.5) is 4.79 Å². The fraction of sp³-hybridized carbons (Fsp3) is 0.391. The molecule has 2 aromatic rings. The number of aromatic amines is 1. The van der Waals surface area contributed by atoms with Crippen LogP contribution in [0.15, 0.2) is 43.3 Å². The van der Waals surface area contributed by atoms with Gasteiger partial charge in [0.25, 0.3) is 5.91 Å². The number of ether oxygens (including phenoxy) is 1. The number of nitrogens with one attached hydrogen (secondary N) is 3. The van der Waals surface area contributed by atoms with Gasteiger partial charge in [-0.15, -0.1) is 0 Å². The van der Waals surface area contributed by atoms with Crippen molar-refractivity contribution in [2.45, 2.75) is 38.8 Å². The zero-order valence-corrected chi connectivity index (χ0v) is 21.2. The second kappa shape index (κ2) is 12.0. The van der Waals surface area contributed by atoms with E-state index in [0.29, 0.717) is 5.82 Å². The number of nitrogens with zero attached hydrogens (tertiary/aromatic N) is 2. The van der Waals surface area contributed by atoms with Crippen LogP contribution in [0.5, 0.6) is 0 Å². The lowest BCUT2D eigenvalue weighted by Gasteiger charge is -2.27. The highest BCUT2D eigenvalue weighted by Gasteiger charge is 2.44. The maximum absolute atomic E-state index is 13.1. The van der Waals surface area contributed by atoms with Gasteiger partial charge < -0.3 is 15.0 Å². The van der Waals surface area contributed by atoms with E-state index < -0.39 is 24.0 Å². The van der Waals surface area contributed by atoms with Crippen molar-refractivity contribution < 1.29 is 24.0 Å². The van der Waals surface area contributed by atoms with Crippen LogP contribution in [0.1, 0.15) is 38.6 Å². The van der Waals surface area contributed by atoms with E-state index in [1.165, 1.54) is 11.2 Å². The number of amides is 4. The van der Waals surface area contributed by atoms with Gasteiger partial charge >= 0.3 is 6.03 Å². The van der Waals surface area contributed by atoms with E-state index in [1.807, 2.05) is 38.1 Å². The summed E-state index contributed by atoms with van der Waals surface area (Å²) in [5.74, 6) is -0.337. The number of urea groups is 1. The minimum atomic E-state index is -0.797. The zero-order valence-electron chi connectivity index (χ0n) is 19.0. The first kappa shape index (κ1) is 25.7. The van der Waals surface area contributed by atoms with Crippen molar-refractivity contribution in [3.8, 4) is 11.3 Å². The topological polar surface area (TPSA) is 126 Å². The third-order valence-electron chi connectivity index (χ3n) is 5.26. The molecule has 0 unspecified atom stereocenters. The number of imidazole rings is 1. The lowest BCUT2D eigenvalue weighted by atomic mass is 10.0. The molecule has 2 heterocycles. The molecule has 0 radical (unpaired) electrons. The monoisotopic (exact) mass is 581 g/mol. The van der Waals surface area contributed by atoms with E-state index in [-0.39, 0.29) is 37.9 Å². The van der Waals surface area contributed by atoms with Gasteiger partial charge in [-0.25, -0.2) is 15.3 Å². The van der Waals surface area contributed by atoms with Crippen molar-refractivity contribution in [3.63, 3.8) is 0 Å². The second-order valence-corrected chi connectivity index (χ2v) is 9.28. The molecule has 2 atom stereocenters. The Hall–Kier alpha value is -2.93. The molecular formula is C23H28IN5O5. The minimum Gasteiger partial charge on any atom is -0.499 e. The van der Waals surface area contributed by atoms with Gasteiger partial charge in [0.2, 0.25) is 5.91 Å².